The lowest BCUT2D eigenvalue weighted by atomic mass is 9.97. The van der Waals surface area contributed by atoms with Crippen LogP contribution in [0.15, 0.2) is 48.5 Å². The lowest BCUT2D eigenvalue weighted by Crippen LogP contribution is -2.56. The van der Waals surface area contributed by atoms with E-state index in [2.05, 4.69) is 17.6 Å². The number of aryl methyl sites for hydroxylation is 1. The second-order valence-electron chi connectivity index (χ2n) is 11.6. The summed E-state index contributed by atoms with van der Waals surface area (Å²) in [6, 6.07) is 11.8. The van der Waals surface area contributed by atoms with Crippen molar-refractivity contribution in [1.82, 2.24) is 15.5 Å². The highest BCUT2D eigenvalue weighted by molar-refractivity contribution is 5.92. The molecule has 2 aromatic rings. The lowest BCUT2D eigenvalue weighted by Gasteiger charge is -2.38. The van der Waals surface area contributed by atoms with Crippen LogP contribution in [0.2, 0.25) is 0 Å². The molecule has 8 nitrogen and oxygen atoms in total. The number of nitrogens with zero attached hydrogens (tertiary/aromatic N) is 1. The molecule has 4 atom stereocenters. The molecule has 8 heteroatoms. The van der Waals surface area contributed by atoms with E-state index in [1.54, 1.807) is 37.8 Å². The van der Waals surface area contributed by atoms with Gasteiger partial charge in [0.05, 0.1) is 0 Å². The number of nitrogens with one attached hydrogen (secondary N) is 2. The maximum atomic E-state index is 14.4. The van der Waals surface area contributed by atoms with Gasteiger partial charge in [-0.25, -0.2) is 4.79 Å². The zero-order valence-electron chi connectivity index (χ0n) is 25.3. The monoisotopic (exact) mass is 553 g/mol. The summed E-state index contributed by atoms with van der Waals surface area (Å²) < 4.78 is 5.49. The van der Waals surface area contributed by atoms with Crippen molar-refractivity contribution in [3.63, 3.8) is 0 Å². The molecule has 220 valence electrons. The number of phenolic OH excluding ortho intramolecular Hbond substituents is 1. The number of rotatable bonds is 12. The summed E-state index contributed by atoms with van der Waals surface area (Å²) in [5.74, 6) is -0.554. The molecule has 2 rings (SSSR count). The Morgan fingerprint density at radius 2 is 1.55 bits per heavy atom. The average Bonchev–Trinajstić information content (AvgIpc) is 2.87. The molecule has 0 bridgehead atoms. The molecule has 3 N–H and O–H groups in total. The lowest BCUT2D eigenvalue weighted by molar-refractivity contribution is -0.145. The van der Waals surface area contributed by atoms with E-state index >= 15 is 0 Å². The minimum atomic E-state index is -1.01. The molecule has 0 aliphatic rings. The fourth-order valence-corrected chi connectivity index (χ4v) is 4.51. The number of phenols is 1. The van der Waals surface area contributed by atoms with Crippen molar-refractivity contribution in [2.75, 3.05) is 0 Å². The normalized spacial score (nSPS) is 14.4. The maximum absolute atomic E-state index is 14.4. The van der Waals surface area contributed by atoms with Gasteiger partial charge >= 0.3 is 6.09 Å². The Morgan fingerprint density at radius 1 is 0.950 bits per heavy atom. The zero-order valence-corrected chi connectivity index (χ0v) is 25.3. The predicted molar refractivity (Wildman–Crippen MR) is 158 cm³/mol. The fraction of sp³-hybridized carbons (Fsp3) is 0.531. The van der Waals surface area contributed by atoms with Crippen LogP contribution in [0.4, 0.5) is 4.79 Å². The van der Waals surface area contributed by atoms with E-state index in [9.17, 15) is 19.5 Å². The molecule has 4 unspecified atom stereocenters. The van der Waals surface area contributed by atoms with Crippen LogP contribution in [0.1, 0.15) is 90.5 Å². The second-order valence-corrected chi connectivity index (χ2v) is 11.6. The third-order valence-electron chi connectivity index (χ3n) is 6.72. The van der Waals surface area contributed by atoms with Gasteiger partial charge in [0.2, 0.25) is 11.8 Å². The zero-order chi connectivity index (χ0) is 30.0. The highest BCUT2D eigenvalue weighted by Gasteiger charge is 2.38. The van der Waals surface area contributed by atoms with Gasteiger partial charge in [-0.05, 0) is 77.6 Å². The Morgan fingerprint density at radius 3 is 2.08 bits per heavy atom. The van der Waals surface area contributed by atoms with Crippen LogP contribution < -0.4 is 10.6 Å². The standard InChI is InChI=1S/C32H47N3O5/c1-9-11-22(4)33-29(37)28(25-16-12-21(3)13-17-25)35(23(5)10-2)30(38)27(34-31(39)40-32(6,7)8)20-24-14-18-26(36)19-15-24/h12-19,22-23,27-28,36H,9-11,20H2,1-8H3,(H,33,37)(H,34,39). The summed E-state index contributed by atoms with van der Waals surface area (Å²) in [7, 11) is 0. The Hall–Kier alpha value is -3.55. The first kappa shape index (κ1) is 32.7. The summed E-state index contributed by atoms with van der Waals surface area (Å²) in [5.41, 5.74) is 1.72. The molecule has 0 radical (unpaired) electrons. The minimum absolute atomic E-state index is 0.0629. The number of carbonyl (C=O) groups excluding carboxylic acids is 3. The number of carbonyl (C=O) groups is 3. The molecule has 0 fully saturated rings. The van der Waals surface area contributed by atoms with Crippen LogP contribution in [0.3, 0.4) is 0 Å². The number of hydrogen-bond donors (Lipinski definition) is 3. The third-order valence-corrected chi connectivity index (χ3v) is 6.72. The van der Waals surface area contributed by atoms with Gasteiger partial charge in [-0.1, -0.05) is 62.2 Å². The number of alkyl carbamates (subject to hydrolysis) is 1. The van der Waals surface area contributed by atoms with Crippen molar-refractivity contribution in [2.45, 2.75) is 111 Å². The van der Waals surface area contributed by atoms with Gasteiger partial charge in [-0.2, -0.15) is 0 Å². The topological polar surface area (TPSA) is 108 Å². The Balaban J connectivity index is 2.58. The summed E-state index contributed by atoms with van der Waals surface area (Å²) in [5, 5.41) is 15.6. The summed E-state index contributed by atoms with van der Waals surface area (Å²) >= 11 is 0. The number of ether oxygens (including phenoxy) is 1. The quantitative estimate of drug-likeness (QED) is 0.307. The van der Waals surface area contributed by atoms with E-state index in [4.69, 9.17) is 4.74 Å². The van der Waals surface area contributed by atoms with E-state index in [0.717, 1.165) is 24.0 Å². The molecule has 40 heavy (non-hydrogen) atoms. The number of amides is 3. The average molecular weight is 554 g/mol. The Labute approximate surface area is 239 Å². The maximum Gasteiger partial charge on any atom is 0.408 e. The highest BCUT2D eigenvalue weighted by Crippen LogP contribution is 2.28. The largest absolute Gasteiger partial charge is 0.508 e. The number of aromatic hydroxyl groups is 1. The van der Waals surface area contributed by atoms with E-state index in [1.165, 1.54) is 12.1 Å². The van der Waals surface area contributed by atoms with Gasteiger partial charge in [0.1, 0.15) is 23.4 Å². The van der Waals surface area contributed by atoms with Crippen LogP contribution >= 0.6 is 0 Å². The van der Waals surface area contributed by atoms with Crippen LogP contribution in [0.5, 0.6) is 5.75 Å². The van der Waals surface area contributed by atoms with Crippen molar-refractivity contribution in [3.8, 4) is 5.75 Å². The van der Waals surface area contributed by atoms with E-state index in [-0.39, 0.29) is 30.2 Å². The smallest absolute Gasteiger partial charge is 0.408 e. The van der Waals surface area contributed by atoms with Gasteiger partial charge in [-0.15, -0.1) is 0 Å². The molecule has 0 aromatic heterocycles. The summed E-state index contributed by atoms with van der Waals surface area (Å²) in [6.45, 7) is 15.1. The van der Waals surface area contributed by atoms with Gasteiger partial charge in [0.25, 0.3) is 0 Å². The Kier molecular flexibility index (Phi) is 12.0. The van der Waals surface area contributed by atoms with Crippen LogP contribution in [0, 0.1) is 6.92 Å². The van der Waals surface area contributed by atoms with Crippen molar-refractivity contribution in [3.05, 3.63) is 65.2 Å². The second kappa shape index (κ2) is 14.7. The Bertz CT molecular complexity index is 1110. The molecular formula is C32H47N3O5. The van der Waals surface area contributed by atoms with Crippen molar-refractivity contribution in [1.29, 1.82) is 0 Å². The highest BCUT2D eigenvalue weighted by atomic mass is 16.6. The van der Waals surface area contributed by atoms with E-state index in [0.29, 0.717) is 12.0 Å². The summed E-state index contributed by atoms with van der Waals surface area (Å²) in [6.07, 6.45) is 1.76. The fourth-order valence-electron chi connectivity index (χ4n) is 4.51. The molecule has 3 amide bonds. The van der Waals surface area contributed by atoms with Crippen LogP contribution in [-0.2, 0) is 20.7 Å². The van der Waals surface area contributed by atoms with Gasteiger partial charge in [-0.3, -0.25) is 9.59 Å². The molecule has 0 saturated carbocycles. The van der Waals surface area contributed by atoms with E-state index in [1.807, 2.05) is 52.0 Å². The van der Waals surface area contributed by atoms with Gasteiger partial charge in [0, 0.05) is 18.5 Å². The van der Waals surface area contributed by atoms with Crippen LogP contribution in [-0.4, -0.2) is 51.6 Å². The number of benzene rings is 2. The molecule has 0 heterocycles. The molecule has 0 saturated heterocycles. The SMILES string of the molecule is CCCC(C)NC(=O)C(c1ccc(C)cc1)N(C(=O)C(Cc1ccc(O)cc1)NC(=O)OC(C)(C)C)C(C)CC. The van der Waals surface area contributed by atoms with Gasteiger partial charge in [0.15, 0.2) is 0 Å². The third kappa shape index (κ3) is 9.88. The van der Waals surface area contributed by atoms with Gasteiger partial charge < -0.3 is 25.4 Å². The molecule has 2 aromatic carbocycles. The molecule has 0 spiro atoms. The summed E-state index contributed by atoms with van der Waals surface area (Å²) in [4.78, 5) is 42.8. The number of hydrogen-bond acceptors (Lipinski definition) is 5. The van der Waals surface area contributed by atoms with Crippen molar-refractivity contribution >= 4 is 17.9 Å². The molecule has 0 aliphatic carbocycles. The van der Waals surface area contributed by atoms with Crippen LogP contribution in [0.25, 0.3) is 0 Å². The van der Waals surface area contributed by atoms with Crippen molar-refractivity contribution < 1.29 is 24.2 Å². The molecular weight excluding hydrogens is 506 g/mol. The first-order chi connectivity index (χ1) is 18.7. The molecule has 0 aliphatic heterocycles. The first-order valence-electron chi connectivity index (χ1n) is 14.2. The predicted octanol–water partition coefficient (Wildman–Crippen LogP) is 5.81. The van der Waals surface area contributed by atoms with E-state index < -0.39 is 29.7 Å². The minimum Gasteiger partial charge on any atom is -0.508 e. The first-order valence-corrected chi connectivity index (χ1v) is 14.2. The van der Waals surface area contributed by atoms with Crippen molar-refractivity contribution in [2.24, 2.45) is 0 Å².